The zero-order valence-electron chi connectivity index (χ0n) is 18.0. The van der Waals surface area contributed by atoms with Crippen LogP contribution in [0.2, 0.25) is 0 Å². The summed E-state index contributed by atoms with van der Waals surface area (Å²) in [4.78, 5) is 43.1. The fraction of sp³-hybridized carbons (Fsp3) is 0.364. The third-order valence-corrected chi connectivity index (χ3v) is 5.90. The molecule has 0 radical (unpaired) electrons. The highest BCUT2D eigenvalue weighted by Gasteiger charge is 2.21. The first-order valence-electron chi connectivity index (χ1n) is 10.0. The molecule has 0 aliphatic rings. The molecule has 3 rings (SSSR count). The highest BCUT2D eigenvalue weighted by atomic mass is 32.1. The lowest BCUT2D eigenvalue weighted by Gasteiger charge is -2.17. The number of carbonyl (C=O) groups is 3. The van der Waals surface area contributed by atoms with Gasteiger partial charge >= 0.3 is 11.9 Å². The second-order valence-corrected chi connectivity index (χ2v) is 7.86. The monoisotopic (exact) mass is 443 g/mol. The smallest absolute Gasteiger partial charge is 0.339 e. The summed E-state index contributed by atoms with van der Waals surface area (Å²) in [6, 6.07) is 9.33. The number of aromatic nitrogens is 2. The number of rotatable bonds is 8. The fourth-order valence-electron chi connectivity index (χ4n) is 3.25. The van der Waals surface area contributed by atoms with Crippen molar-refractivity contribution in [1.82, 2.24) is 9.55 Å². The topological polar surface area (TPSA) is 90.7 Å². The molecule has 0 aliphatic carbocycles. The SMILES string of the molecule is CCOC(=O)c1cc(C)n(CC(=O)OCC(=O)N(CC)c2nc3ccccc3s2)c1C. The van der Waals surface area contributed by atoms with Crippen molar-refractivity contribution < 1.29 is 23.9 Å². The molecule has 3 aromatic rings. The highest BCUT2D eigenvalue weighted by Crippen LogP contribution is 2.28. The van der Waals surface area contributed by atoms with Crippen LogP contribution < -0.4 is 4.90 Å². The normalized spacial score (nSPS) is 10.8. The molecule has 0 atom stereocenters. The third kappa shape index (κ3) is 4.93. The number of anilines is 1. The zero-order valence-corrected chi connectivity index (χ0v) is 18.8. The number of para-hydroxylation sites is 1. The van der Waals surface area contributed by atoms with E-state index in [0.717, 1.165) is 15.9 Å². The van der Waals surface area contributed by atoms with Gasteiger partial charge < -0.3 is 14.0 Å². The van der Waals surface area contributed by atoms with E-state index in [0.29, 0.717) is 22.9 Å². The average Bonchev–Trinajstić information content (AvgIpc) is 3.29. The Bertz CT molecular complexity index is 1080. The second-order valence-electron chi connectivity index (χ2n) is 6.85. The number of hydrogen-bond acceptors (Lipinski definition) is 7. The minimum absolute atomic E-state index is 0.0996. The Kier molecular flexibility index (Phi) is 7.06. The van der Waals surface area contributed by atoms with E-state index in [9.17, 15) is 14.4 Å². The van der Waals surface area contributed by atoms with Crippen LogP contribution >= 0.6 is 11.3 Å². The van der Waals surface area contributed by atoms with Gasteiger partial charge in [-0.15, -0.1) is 0 Å². The van der Waals surface area contributed by atoms with Crippen molar-refractivity contribution in [1.29, 1.82) is 0 Å². The molecular formula is C22H25N3O5S. The first-order valence-corrected chi connectivity index (χ1v) is 10.8. The van der Waals surface area contributed by atoms with Gasteiger partial charge in [0.25, 0.3) is 5.91 Å². The van der Waals surface area contributed by atoms with E-state index in [4.69, 9.17) is 9.47 Å². The van der Waals surface area contributed by atoms with Crippen molar-refractivity contribution in [2.75, 3.05) is 24.7 Å². The molecule has 0 fully saturated rings. The van der Waals surface area contributed by atoms with Gasteiger partial charge in [-0.3, -0.25) is 14.5 Å². The van der Waals surface area contributed by atoms with Gasteiger partial charge in [0.2, 0.25) is 0 Å². The van der Waals surface area contributed by atoms with E-state index in [1.54, 1.807) is 31.4 Å². The number of benzene rings is 1. The average molecular weight is 444 g/mol. The Labute approximate surface area is 184 Å². The van der Waals surface area contributed by atoms with E-state index in [-0.39, 0.29) is 25.7 Å². The van der Waals surface area contributed by atoms with Gasteiger partial charge in [0, 0.05) is 17.9 Å². The van der Waals surface area contributed by atoms with E-state index in [1.807, 2.05) is 31.2 Å². The first-order chi connectivity index (χ1) is 14.8. The first kappa shape index (κ1) is 22.5. The van der Waals surface area contributed by atoms with Crippen LogP contribution in [0, 0.1) is 13.8 Å². The van der Waals surface area contributed by atoms with Crippen LogP contribution in [0.25, 0.3) is 10.2 Å². The molecule has 1 aromatic carbocycles. The molecule has 0 saturated carbocycles. The van der Waals surface area contributed by atoms with Crippen LogP contribution in [0.3, 0.4) is 0 Å². The molecule has 0 spiro atoms. The number of thiazole rings is 1. The lowest BCUT2D eigenvalue weighted by atomic mass is 10.2. The standard InChI is InChI=1S/C22H25N3O5S/c1-5-24(22-23-17-9-7-8-10-18(17)31-22)19(26)13-30-20(27)12-25-14(3)11-16(15(25)4)21(28)29-6-2/h7-11H,5-6,12-13H2,1-4H3. The summed E-state index contributed by atoms with van der Waals surface area (Å²) in [7, 11) is 0. The van der Waals surface area contributed by atoms with Crippen molar-refractivity contribution >= 4 is 44.5 Å². The highest BCUT2D eigenvalue weighted by molar-refractivity contribution is 7.22. The number of carbonyl (C=O) groups excluding carboxylic acids is 3. The van der Waals surface area contributed by atoms with Crippen molar-refractivity contribution in [3.63, 3.8) is 0 Å². The van der Waals surface area contributed by atoms with Gasteiger partial charge in [-0.25, -0.2) is 9.78 Å². The minimum atomic E-state index is -0.564. The third-order valence-electron chi connectivity index (χ3n) is 4.84. The summed E-state index contributed by atoms with van der Waals surface area (Å²) in [5, 5.41) is 0.570. The fourth-order valence-corrected chi connectivity index (χ4v) is 4.30. The Morgan fingerprint density at radius 1 is 1.13 bits per heavy atom. The molecule has 31 heavy (non-hydrogen) atoms. The summed E-state index contributed by atoms with van der Waals surface area (Å²) in [6.07, 6.45) is 0. The van der Waals surface area contributed by atoms with E-state index >= 15 is 0 Å². The van der Waals surface area contributed by atoms with Gasteiger partial charge in [0.15, 0.2) is 11.7 Å². The number of nitrogens with zero attached hydrogens (tertiary/aromatic N) is 3. The second kappa shape index (κ2) is 9.74. The van der Waals surface area contributed by atoms with Crippen molar-refractivity contribution in [2.45, 2.75) is 34.2 Å². The van der Waals surface area contributed by atoms with Gasteiger partial charge in [-0.1, -0.05) is 23.5 Å². The quantitative estimate of drug-likeness (QED) is 0.495. The number of esters is 2. The van der Waals surface area contributed by atoms with E-state index < -0.39 is 11.9 Å². The van der Waals surface area contributed by atoms with Crippen LogP contribution in [0.5, 0.6) is 0 Å². The molecule has 0 saturated heterocycles. The molecule has 8 nitrogen and oxygen atoms in total. The lowest BCUT2D eigenvalue weighted by Crippen LogP contribution is -2.35. The largest absolute Gasteiger partial charge is 0.462 e. The predicted molar refractivity (Wildman–Crippen MR) is 118 cm³/mol. The maximum absolute atomic E-state index is 12.7. The number of aryl methyl sites for hydroxylation is 1. The Morgan fingerprint density at radius 3 is 2.55 bits per heavy atom. The molecular weight excluding hydrogens is 418 g/mol. The summed E-state index contributed by atoms with van der Waals surface area (Å²) in [5.74, 6) is -1.34. The minimum Gasteiger partial charge on any atom is -0.462 e. The molecule has 1 amide bonds. The van der Waals surface area contributed by atoms with Crippen LogP contribution in [-0.2, 0) is 25.6 Å². The number of fused-ring (bicyclic) bond motifs is 1. The molecule has 0 aliphatic heterocycles. The Hall–Kier alpha value is -3.20. The van der Waals surface area contributed by atoms with Crippen molar-refractivity contribution in [3.8, 4) is 0 Å². The Balaban J connectivity index is 1.63. The molecule has 9 heteroatoms. The summed E-state index contributed by atoms with van der Waals surface area (Å²) < 4.78 is 12.9. The summed E-state index contributed by atoms with van der Waals surface area (Å²) >= 11 is 1.41. The van der Waals surface area contributed by atoms with Crippen molar-refractivity contribution in [3.05, 3.63) is 47.3 Å². The summed E-state index contributed by atoms with van der Waals surface area (Å²) in [6.45, 7) is 7.31. The summed E-state index contributed by atoms with van der Waals surface area (Å²) in [5.41, 5.74) is 2.58. The maximum atomic E-state index is 12.7. The predicted octanol–water partition coefficient (Wildman–Crippen LogP) is 3.49. The number of hydrogen-bond donors (Lipinski definition) is 0. The zero-order chi connectivity index (χ0) is 22.5. The van der Waals surface area contributed by atoms with Crippen LogP contribution in [0.4, 0.5) is 5.13 Å². The molecule has 0 bridgehead atoms. The van der Waals surface area contributed by atoms with Gasteiger partial charge in [0.1, 0.15) is 6.54 Å². The number of amides is 1. The molecule has 164 valence electrons. The van der Waals surface area contributed by atoms with Crippen LogP contribution in [0.1, 0.15) is 35.6 Å². The van der Waals surface area contributed by atoms with Gasteiger partial charge in [-0.05, 0) is 45.9 Å². The van der Waals surface area contributed by atoms with E-state index in [2.05, 4.69) is 4.98 Å². The molecule has 2 aromatic heterocycles. The number of likely N-dealkylation sites (N-methyl/N-ethyl adjacent to an activating group) is 1. The van der Waals surface area contributed by atoms with Crippen molar-refractivity contribution in [2.24, 2.45) is 0 Å². The molecule has 0 N–H and O–H groups in total. The lowest BCUT2D eigenvalue weighted by molar-refractivity contribution is -0.148. The Morgan fingerprint density at radius 2 is 1.87 bits per heavy atom. The molecule has 2 heterocycles. The number of ether oxygens (including phenoxy) is 2. The molecule has 0 unspecified atom stereocenters. The van der Waals surface area contributed by atoms with Crippen LogP contribution in [0.15, 0.2) is 30.3 Å². The van der Waals surface area contributed by atoms with Crippen LogP contribution in [-0.4, -0.2) is 47.2 Å². The van der Waals surface area contributed by atoms with Gasteiger partial charge in [0.05, 0.1) is 22.4 Å². The van der Waals surface area contributed by atoms with Gasteiger partial charge in [-0.2, -0.15) is 0 Å². The van der Waals surface area contributed by atoms with E-state index in [1.165, 1.54) is 16.2 Å². The maximum Gasteiger partial charge on any atom is 0.339 e.